The van der Waals surface area contributed by atoms with Crippen molar-refractivity contribution in [3.8, 4) is 11.8 Å². The summed E-state index contributed by atoms with van der Waals surface area (Å²) in [6, 6.07) is 1.58. The van der Waals surface area contributed by atoms with Crippen molar-refractivity contribution in [2.24, 2.45) is 0 Å². The van der Waals surface area contributed by atoms with Gasteiger partial charge in [0, 0.05) is 31.4 Å². The summed E-state index contributed by atoms with van der Waals surface area (Å²) in [5.41, 5.74) is 0.917. The highest BCUT2D eigenvalue weighted by atomic mass is 16.2. The number of hydrogen-bond donors (Lipinski definition) is 3. The van der Waals surface area contributed by atoms with E-state index in [0.29, 0.717) is 17.5 Å². The molecular weight excluding hydrogens is 246 g/mol. The summed E-state index contributed by atoms with van der Waals surface area (Å²) < 4.78 is 0. The van der Waals surface area contributed by atoms with Crippen LogP contribution in [0.5, 0.6) is 0 Å². The van der Waals surface area contributed by atoms with Crippen LogP contribution in [-0.2, 0) is 4.79 Å². The van der Waals surface area contributed by atoms with E-state index in [1.165, 1.54) is 19.4 Å². The predicted molar refractivity (Wildman–Crippen MR) is 69.2 cm³/mol. The van der Waals surface area contributed by atoms with E-state index < -0.39 is 0 Å². The second kappa shape index (κ2) is 7.84. The first-order valence-electron chi connectivity index (χ1n) is 5.71. The lowest BCUT2D eigenvalue weighted by molar-refractivity contribution is -0.119. The third-order valence-corrected chi connectivity index (χ3v) is 2.16. The third kappa shape index (κ3) is 5.19. The number of pyridine rings is 1. The average Bonchev–Trinajstić information content (AvgIpc) is 2.45. The number of aliphatic hydroxyl groups is 1. The van der Waals surface area contributed by atoms with Crippen molar-refractivity contribution in [2.45, 2.75) is 6.42 Å². The van der Waals surface area contributed by atoms with Gasteiger partial charge in [0.05, 0.1) is 18.7 Å². The van der Waals surface area contributed by atoms with Gasteiger partial charge in [-0.3, -0.25) is 14.6 Å². The van der Waals surface area contributed by atoms with Gasteiger partial charge in [0.25, 0.3) is 5.91 Å². The van der Waals surface area contributed by atoms with Gasteiger partial charge < -0.3 is 15.7 Å². The molecule has 0 atom stereocenters. The summed E-state index contributed by atoms with van der Waals surface area (Å²) in [7, 11) is 1.49. The molecule has 1 aromatic heterocycles. The molecule has 0 aromatic carbocycles. The van der Waals surface area contributed by atoms with Crippen LogP contribution >= 0.6 is 0 Å². The summed E-state index contributed by atoms with van der Waals surface area (Å²) in [5.74, 6) is 4.86. The normalized spacial score (nSPS) is 9.16. The van der Waals surface area contributed by atoms with Gasteiger partial charge >= 0.3 is 0 Å². The van der Waals surface area contributed by atoms with E-state index in [-0.39, 0.29) is 25.0 Å². The van der Waals surface area contributed by atoms with Crippen LogP contribution in [0.25, 0.3) is 0 Å². The highest BCUT2D eigenvalue weighted by Gasteiger charge is 2.07. The van der Waals surface area contributed by atoms with E-state index in [2.05, 4.69) is 27.5 Å². The molecular formula is C13H15N3O3. The molecule has 19 heavy (non-hydrogen) atoms. The average molecular weight is 261 g/mol. The minimum atomic E-state index is -0.387. The number of rotatable bonds is 4. The standard InChI is InChI=1S/C13H15N3O3/c1-14-12(18)9-16-13(19)11-6-10(7-15-8-11)4-2-3-5-17/h6-8,17H,3,5,9H2,1H3,(H,14,18)(H,16,19). The zero-order valence-corrected chi connectivity index (χ0v) is 10.6. The molecule has 6 nitrogen and oxygen atoms in total. The SMILES string of the molecule is CNC(=O)CNC(=O)c1cncc(C#CCCO)c1. The van der Waals surface area contributed by atoms with Crippen LogP contribution in [0, 0.1) is 11.8 Å². The van der Waals surface area contributed by atoms with Crippen molar-refractivity contribution >= 4 is 11.8 Å². The molecule has 0 radical (unpaired) electrons. The first-order chi connectivity index (χ1) is 9.17. The van der Waals surface area contributed by atoms with Crippen LogP contribution in [0.15, 0.2) is 18.5 Å². The number of nitrogens with one attached hydrogen (secondary N) is 2. The largest absolute Gasteiger partial charge is 0.395 e. The van der Waals surface area contributed by atoms with Gasteiger partial charge in [-0.2, -0.15) is 0 Å². The number of aliphatic hydroxyl groups excluding tert-OH is 1. The molecule has 2 amide bonds. The van der Waals surface area contributed by atoms with Crippen molar-refractivity contribution in [3.63, 3.8) is 0 Å². The van der Waals surface area contributed by atoms with E-state index in [9.17, 15) is 9.59 Å². The van der Waals surface area contributed by atoms with Crippen molar-refractivity contribution < 1.29 is 14.7 Å². The first kappa shape index (κ1) is 14.7. The summed E-state index contributed by atoms with van der Waals surface area (Å²) >= 11 is 0. The van der Waals surface area contributed by atoms with Crippen molar-refractivity contribution in [3.05, 3.63) is 29.6 Å². The number of likely N-dealkylation sites (N-methyl/N-ethyl adjacent to an activating group) is 1. The number of carbonyl (C=O) groups excluding carboxylic acids is 2. The van der Waals surface area contributed by atoms with Gasteiger partial charge in [-0.1, -0.05) is 11.8 Å². The van der Waals surface area contributed by atoms with Gasteiger partial charge in [0.2, 0.25) is 5.91 Å². The van der Waals surface area contributed by atoms with Gasteiger partial charge in [-0.25, -0.2) is 0 Å². The van der Waals surface area contributed by atoms with Crippen molar-refractivity contribution in [2.75, 3.05) is 20.2 Å². The smallest absolute Gasteiger partial charge is 0.253 e. The molecule has 3 N–H and O–H groups in total. The molecule has 1 aromatic rings. The van der Waals surface area contributed by atoms with Crippen LogP contribution in [0.3, 0.4) is 0 Å². The Morgan fingerprint density at radius 2 is 2.21 bits per heavy atom. The summed E-state index contributed by atoms with van der Waals surface area (Å²) in [4.78, 5) is 26.6. The summed E-state index contributed by atoms with van der Waals surface area (Å²) in [5, 5.41) is 13.5. The summed E-state index contributed by atoms with van der Waals surface area (Å²) in [6.07, 6.45) is 3.30. The molecule has 0 fully saturated rings. The van der Waals surface area contributed by atoms with Gasteiger partial charge in [-0.15, -0.1) is 0 Å². The fraction of sp³-hybridized carbons (Fsp3) is 0.308. The van der Waals surface area contributed by atoms with Crippen LogP contribution < -0.4 is 10.6 Å². The second-order valence-electron chi connectivity index (χ2n) is 3.59. The monoisotopic (exact) mass is 261 g/mol. The number of aromatic nitrogens is 1. The number of nitrogens with zero attached hydrogens (tertiary/aromatic N) is 1. The van der Waals surface area contributed by atoms with Gasteiger partial charge in [0.15, 0.2) is 0 Å². The Bertz CT molecular complexity index is 517. The van der Waals surface area contributed by atoms with E-state index in [1.807, 2.05) is 0 Å². The Morgan fingerprint density at radius 3 is 2.89 bits per heavy atom. The molecule has 1 rings (SSSR count). The van der Waals surface area contributed by atoms with E-state index in [0.717, 1.165) is 0 Å². The first-order valence-corrected chi connectivity index (χ1v) is 5.71. The van der Waals surface area contributed by atoms with E-state index in [4.69, 9.17) is 5.11 Å². The van der Waals surface area contributed by atoms with Gasteiger partial charge in [-0.05, 0) is 6.07 Å². The van der Waals surface area contributed by atoms with Crippen LogP contribution in [0.4, 0.5) is 0 Å². The molecule has 1 heterocycles. The maximum atomic E-state index is 11.7. The topological polar surface area (TPSA) is 91.3 Å². The zero-order valence-electron chi connectivity index (χ0n) is 10.6. The molecule has 0 saturated carbocycles. The molecule has 0 aliphatic rings. The Balaban J connectivity index is 2.68. The Labute approximate surface area is 111 Å². The molecule has 0 saturated heterocycles. The lowest BCUT2D eigenvalue weighted by Gasteiger charge is -2.04. The highest BCUT2D eigenvalue weighted by molar-refractivity contribution is 5.96. The van der Waals surface area contributed by atoms with Crippen molar-refractivity contribution in [1.29, 1.82) is 0 Å². The second-order valence-corrected chi connectivity index (χ2v) is 3.59. The van der Waals surface area contributed by atoms with E-state index in [1.54, 1.807) is 6.07 Å². The maximum absolute atomic E-state index is 11.7. The minimum absolute atomic E-state index is 0.00721. The minimum Gasteiger partial charge on any atom is -0.395 e. The Hall–Kier alpha value is -2.39. The van der Waals surface area contributed by atoms with Crippen LogP contribution in [0.1, 0.15) is 22.3 Å². The fourth-order valence-corrected chi connectivity index (χ4v) is 1.20. The number of hydrogen-bond acceptors (Lipinski definition) is 4. The lowest BCUT2D eigenvalue weighted by Crippen LogP contribution is -2.35. The summed E-state index contributed by atoms with van der Waals surface area (Å²) in [6.45, 7) is -0.0948. The molecule has 0 unspecified atom stereocenters. The highest BCUT2D eigenvalue weighted by Crippen LogP contribution is 2.01. The lowest BCUT2D eigenvalue weighted by atomic mass is 10.2. The van der Waals surface area contributed by atoms with Gasteiger partial charge in [0.1, 0.15) is 0 Å². The Kier molecular flexibility index (Phi) is 6.06. The molecule has 6 heteroatoms. The molecule has 0 spiro atoms. The molecule has 0 bridgehead atoms. The van der Waals surface area contributed by atoms with Crippen LogP contribution in [0.2, 0.25) is 0 Å². The molecule has 0 aliphatic heterocycles. The van der Waals surface area contributed by atoms with Crippen molar-refractivity contribution in [1.82, 2.24) is 15.6 Å². The number of amides is 2. The Morgan fingerprint density at radius 1 is 1.42 bits per heavy atom. The quantitative estimate of drug-likeness (QED) is 0.624. The van der Waals surface area contributed by atoms with Crippen LogP contribution in [-0.4, -0.2) is 42.1 Å². The molecule has 0 aliphatic carbocycles. The zero-order chi connectivity index (χ0) is 14.1. The predicted octanol–water partition coefficient (Wildman–Crippen LogP) is -0.709. The molecule has 100 valence electrons. The van der Waals surface area contributed by atoms with E-state index >= 15 is 0 Å². The third-order valence-electron chi connectivity index (χ3n) is 2.16. The maximum Gasteiger partial charge on any atom is 0.253 e. The fourth-order valence-electron chi connectivity index (χ4n) is 1.20. The number of carbonyl (C=O) groups is 2.